The monoisotopic (exact) mass is 369 g/mol. The summed E-state index contributed by atoms with van der Waals surface area (Å²) in [5, 5.41) is 4.08. The van der Waals surface area contributed by atoms with Crippen LogP contribution in [0.4, 0.5) is 0 Å². The van der Waals surface area contributed by atoms with Crippen LogP contribution in [0.3, 0.4) is 0 Å². The fourth-order valence-corrected chi connectivity index (χ4v) is 5.84. The third-order valence-corrected chi connectivity index (χ3v) is 7.07. The smallest absolute Gasteiger partial charge is 0.00726 e. The molecule has 0 spiro atoms. The molecular formula is C24H18PS-. The van der Waals surface area contributed by atoms with Gasteiger partial charge in [0.15, 0.2) is 0 Å². The molecule has 0 aromatic heterocycles. The molecule has 2 heteroatoms. The SMILES string of the molecule is [S-]c1cccc(-c2ccccc2P(c2ccccc2)c2ccccc2)c1. The van der Waals surface area contributed by atoms with Crippen molar-refractivity contribution in [3.05, 3.63) is 109 Å². The van der Waals surface area contributed by atoms with Crippen LogP contribution >= 0.6 is 7.92 Å². The first kappa shape index (κ1) is 17.0. The first-order valence-corrected chi connectivity index (χ1v) is 10.3. The number of rotatable bonds is 4. The van der Waals surface area contributed by atoms with Gasteiger partial charge in [0.05, 0.1) is 0 Å². The lowest BCUT2D eigenvalue weighted by atomic mass is 10.1. The van der Waals surface area contributed by atoms with Gasteiger partial charge in [-0.05, 0) is 35.0 Å². The lowest BCUT2D eigenvalue weighted by molar-refractivity contribution is 1.47. The summed E-state index contributed by atoms with van der Waals surface area (Å²) >= 11 is 5.40. The van der Waals surface area contributed by atoms with E-state index in [9.17, 15) is 0 Å². The van der Waals surface area contributed by atoms with Crippen LogP contribution in [-0.4, -0.2) is 0 Å². The van der Waals surface area contributed by atoms with E-state index in [-0.39, 0.29) is 0 Å². The second-order valence-electron chi connectivity index (χ2n) is 6.05. The fourth-order valence-electron chi connectivity index (χ4n) is 3.16. The average molecular weight is 369 g/mol. The Kier molecular flexibility index (Phi) is 5.11. The predicted octanol–water partition coefficient (Wildman–Crippen LogP) is 5.02. The van der Waals surface area contributed by atoms with Crippen LogP contribution in [0.2, 0.25) is 0 Å². The van der Waals surface area contributed by atoms with Crippen molar-refractivity contribution < 1.29 is 0 Å². The zero-order chi connectivity index (χ0) is 17.8. The van der Waals surface area contributed by atoms with Crippen molar-refractivity contribution in [2.45, 2.75) is 4.90 Å². The largest absolute Gasteiger partial charge is 0.780 e. The van der Waals surface area contributed by atoms with Crippen LogP contribution in [0.15, 0.2) is 114 Å². The summed E-state index contributed by atoms with van der Waals surface area (Å²) in [5.41, 5.74) is 2.45. The van der Waals surface area contributed by atoms with E-state index in [1.165, 1.54) is 27.0 Å². The van der Waals surface area contributed by atoms with Gasteiger partial charge in [0.25, 0.3) is 0 Å². The van der Waals surface area contributed by atoms with Gasteiger partial charge >= 0.3 is 0 Å². The van der Waals surface area contributed by atoms with Crippen LogP contribution in [-0.2, 0) is 12.6 Å². The summed E-state index contributed by atoms with van der Waals surface area (Å²) in [5.74, 6) is 0. The van der Waals surface area contributed by atoms with Crippen LogP contribution in [0.5, 0.6) is 0 Å². The molecule has 0 nitrogen and oxygen atoms in total. The predicted molar refractivity (Wildman–Crippen MR) is 116 cm³/mol. The van der Waals surface area contributed by atoms with Gasteiger partial charge in [0.2, 0.25) is 0 Å². The second kappa shape index (κ2) is 7.83. The molecule has 0 saturated heterocycles. The van der Waals surface area contributed by atoms with Crippen molar-refractivity contribution in [1.29, 1.82) is 0 Å². The van der Waals surface area contributed by atoms with E-state index in [1.54, 1.807) is 0 Å². The molecule has 26 heavy (non-hydrogen) atoms. The van der Waals surface area contributed by atoms with Gasteiger partial charge in [-0.1, -0.05) is 109 Å². The lowest BCUT2D eigenvalue weighted by Crippen LogP contribution is -2.22. The van der Waals surface area contributed by atoms with Gasteiger partial charge in [-0.3, -0.25) is 0 Å². The summed E-state index contributed by atoms with van der Waals surface area (Å²) in [6, 6.07) is 38.6. The molecule has 0 radical (unpaired) electrons. The Morgan fingerprint density at radius 2 is 1.12 bits per heavy atom. The summed E-state index contributed by atoms with van der Waals surface area (Å²) in [7, 11) is -0.634. The van der Waals surface area contributed by atoms with Gasteiger partial charge < -0.3 is 12.6 Å². The summed E-state index contributed by atoms with van der Waals surface area (Å²) in [4.78, 5) is 0.876. The van der Waals surface area contributed by atoms with Gasteiger partial charge in [-0.15, -0.1) is 0 Å². The van der Waals surface area contributed by atoms with E-state index in [1.807, 2.05) is 12.1 Å². The van der Waals surface area contributed by atoms with Gasteiger partial charge in [-0.25, -0.2) is 0 Å². The Labute approximate surface area is 161 Å². The molecule has 0 aliphatic carbocycles. The Morgan fingerprint density at radius 3 is 1.73 bits per heavy atom. The highest BCUT2D eigenvalue weighted by atomic mass is 32.1. The molecule has 0 N–H and O–H groups in total. The number of hydrogen-bond acceptors (Lipinski definition) is 1. The highest BCUT2D eigenvalue weighted by molar-refractivity contribution is 7.80. The summed E-state index contributed by atoms with van der Waals surface area (Å²) < 4.78 is 0. The van der Waals surface area contributed by atoms with Gasteiger partial charge in [0, 0.05) is 0 Å². The standard InChI is InChI=1S/C24H19PS/c26-22-15-9-10-19(18-22)23-16-7-8-17-24(23)25(20-11-3-1-4-12-20)21-13-5-2-6-14-21/h1-18,26H/p-1. The highest BCUT2D eigenvalue weighted by Crippen LogP contribution is 2.37. The Morgan fingerprint density at radius 1 is 0.538 bits per heavy atom. The van der Waals surface area contributed by atoms with E-state index in [0.717, 1.165) is 4.90 Å². The molecule has 0 bridgehead atoms. The Balaban J connectivity index is 1.93. The Bertz CT molecular complexity index is 957. The molecule has 0 amide bonds. The van der Waals surface area contributed by atoms with Gasteiger partial charge in [0.1, 0.15) is 0 Å². The molecule has 4 aromatic rings. The molecule has 0 aliphatic heterocycles. The Hall–Kier alpha value is -2.47. The second-order valence-corrected chi connectivity index (χ2v) is 8.71. The van der Waals surface area contributed by atoms with Crippen LogP contribution in [0.1, 0.15) is 0 Å². The number of hydrogen-bond donors (Lipinski definition) is 0. The minimum absolute atomic E-state index is 0.634. The molecule has 0 aliphatic rings. The topological polar surface area (TPSA) is 0 Å². The van der Waals surface area contributed by atoms with Crippen molar-refractivity contribution in [3.8, 4) is 11.1 Å². The maximum absolute atomic E-state index is 5.40. The van der Waals surface area contributed by atoms with E-state index < -0.39 is 7.92 Å². The molecular weight excluding hydrogens is 351 g/mol. The summed E-state index contributed by atoms with van der Waals surface area (Å²) in [6.45, 7) is 0. The van der Waals surface area contributed by atoms with E-state index in [0.29, 0.717) is 0 Å². The number of benzene rings is 4. The molecule has 4 aromatic carbocycles. The quantitative estimate of drug-likeness (QED) is 0.360. The third kappa shape index (κ3) is 3.55. The molecule has 0 atom stereocenters. The maximum Gasteiger partial charge on any atom is -0.00726 e. The zero-order valence-corrected chi connectivity index (χ0v) is 16.0. The molecule has 0 unspecified atom stereocenters. The van der Waals surface area contributed by atoms with E-state index in [2.05, 4.69) is 97.1 Å². The lowest BCUT2D eigenvalue weighted by Gasteiger charge is -2.23. The summed E-state index contributed by atoms with van der Waals surface area (Å²) in [6.07, 6.45) is 0. The molecule has 0 heterocycles. The third-order valence-electron chi connectivity index (χ3n) is 4.32. The highest BCUT2D eigenvalue weighted by Gasteiger charge is 2.19. The normalized spacial score (nSPS) is 10.8. The minimum Gasteiger partial charge on any atom is -0.780 e. The molecule has 0 fully saturated rings. The first-order chi connectivity index (χ1) is 12.8. The first-order valence-electron chi connectivity index (χ1n) is 8.60. The van der Waals surface area contributed by atoms with Gasteiger partial charge in [-0.2, -0.15) is 4.90 Å². The zero-order valence-electron chi connectivity index (χ0n) is 14.2. The molecule has 126 valence electrons. The molecule has 0 saturated carbocycles. The van der Waals surface area contributed by atoms with Crippen LogP contribution in [0, 0.1) is 0 Å². The van der Waals surface area contributed by atoms with E-state index >= 15 is 0 Å². The van der Waals surface area contributed by atoms with Crippen molar-refractivity contribution in [2.24, 2.45) is 0 Å². The van der Waals surface area contributed by atoms with E-state index in [4.69, 9.17) is 12.6 Å². The van der Waals surface area contributed by atoms with Crippen molar-refractivity contribution >= 4 is 36.5 Å². The average Bonchev–Trinajstić information content (AvgIpc) is 2.70. The van der Waals surface area contributed by atoms with Crippen LogP contribution < -0.4 is 15.9 Å². The van der Waals surface area contributed by atoms with Crippen molar-refractivity contribution in [1.82, 2.24) is 0 Å². The maximum atomic E-state index is 5.40. The molecule has 4 rings (SSSR count). The fraction of sp³-hybridized carbons (Fsp3) is 0. The van der Waals surface area contributed by atoms with Crippen LogP contribution in [0.25, 0.3) is 11.1 Å². The van der Waals surface area contributed by atoms with Crippen molar-refractivity contribution in [3.63, 3.8) is 0 Å². The minimum atomic E-state index is -0.634. The van der Waals surface area contributed by atoms with Crippen molar-refractivity contribution in [2.75, 3.05) is 0 Å².